The summed E-state index contributed by atoms with van der Waals surface area (Å²) in [5.41, 5.74) is 0.211. The summed E-state index contributed by atoms with van der Waals surface area (Å²) in [5, 5.41) is 18.1. The van der Waals surface area contributed by atoms with Gasteiger partial charge in [0.1, 0.15) is 11.3 Å². The fourth-order valence-electron chi connectivity index (χ4n) is 1.96. The smallest absolute Gasteiger partial charge is 0.329 e. The number of rotatable bonds is 5. The number of nitrogens with zero attached hydrogens (tertiary/aromatic N) is 1. The van der Waals surface area contributed by atoms with Crippen molar-refractivity contribution < 1.29 is 19.2 Å². The Bertz CT molecular complexity index is 492. The van der Waals surface area contributed by atoms with E-state index in [1.807, 2.05) is 0 Å². The molecule has 0 saturated carbocycles. The van der Waals surface area contributed by atoms with Gasteiger partial charge < -0.3 is 20.3 Å². The first-order valence-electron chi connectivity index (χ1n) is 6.46. The van der Waals surface area contributed by atoms with Gasteiger partial charge in [-0.05, 0) is 34.1 Å². The maximum Gasteiger partial charge on any atom is 0.329 e. The summed E-state index contributed by atoms with van der Waals surface area (Å²) in [6, 6.07) is -0.861. The number of amides is 2. The van der Waals surface area contributed by atoms with Crippen molar-refractivity contribution in [3.05, 3.63) is 17.0 Å². The number of aromatic nitrogens is 1. The van der Waals surface area contributed by atoms with E-state index < -0.39 is 17.5 Å². The van der Waals surface area contributed by atoms with Crippen molar-refractivity contribution in [3.8, 4) is 0 Å². The first-order chi connectivity index (χ1) is 9.21. The predicted molar refractivity (Wildman–Crippen MR) is 72.4 cm³/mol. The summed E-state index contributed by atoms with van der Waals surface area (Å²) in [7, 11) is 0. The predicted octanol–water partition coefficient (Wildman–Crippen LogP) is 1.90. The van der Waals surface area contributed by atoms with Crippen LogP contribution in [0.3, 0.4) is 0 Å². The Kier molecular flexibility index (Phi) is 4.75. The highest BCUT2D eigenvalue weighted by Gasteiger charge is 2.33. The topological polar surface area (TPSA) is 104 Å². The van der Waals surface area contributed by atoms with Gasteiger partial charge in [-0.1, -0.05) is 12.1 Å². The fraction of sp³-hybridized carbons (Fsp3) is 0.615. The van der Waals surface area contributed by atoms with E-state index >= 15 is 0 Å². The second-order valence-corrected chi connectivity index (χ2v) is 5.05. The van der Waals surface area contributed by atoms with Crippen LogP contribution in [0.4, 0.5) is 4.79 Å². The van der Waals surface area contributed by atoms with Crippen LogP contribution in [0.5, 0.6) is 0 Å². The third-order valence-electron chi connectivity index (χ3n) is 3.44. The van der Waals surface area contributed by atoms with Crippen LogP contribution in [0.15, 0.2) is 4.52 Å². The number of carboxylic acids is 1. The molecule has 1 aromatic rings. The van der Waals surface area contributed by atoms with E-state index in [2.05, 4.69) is 15.8 Å². The quantitative estimate of drug-likeness (QED) is 0.765. The zero-order valence-corrected chi connectivity index (χ0v) is 12.4. The highest BCUT2D eigenvalue weighted by molar-refractivity contribution is 5.85. The van der Waals surface area contributed by atoms with Gasteiger partial charge >= 0.3 is 12.0 Å². The van der Waals surface area contributed by atoms with Crippen molar-refractivity contribution >= 4 is 12.0 Å². The number of carbonyl (C=O) groups excluding carboxylic acids is 1. The van der Waals surface area contributed by atoms with E-state index in [0.717, 1.165) is 5.56 Å². The minimum Gasteiger partial charge on any atom is -0.480 e. The molecule has 2 atom stereocenters. The molecule has 0 saturated heterocycles. The molecule has 1 rings (SSSR count). The van der Waals surface area contributed by atoms with Crippen LogP contribution in [0.1, 0.15) is 50.3 Å². The van der Waals surface area contributed by atoms with Gasteiger partial charge in [-0.3, -0.25) is 0 Å². The molecule has 112 valence electrons. The maximum atomic E-state index is 11.9. The second-order valence-electron chi connectivity index (χ2n) is 5.05. The lowest BCUT2D eigenvalue weighted by atomic mass is 9.99. The molecule has 0 aromatic carbocycles. The van der Waals surface area contributed by atoms with Crippen LogP contribution >= 0.6 is 0 Å². The molecule has 7 nitrogen and oxygen atoms in total. The molecule has 0 aliphatic rings. The molecule has 0 bridgehead atoms. The molecule has 0 radical (unpaired) electrons. The summed E-state index contributed by atoms with van der Waals surface area (Å²) >= 11 is 0. The first kappa shape index (κ1) is 16.0. The Morgan fingerprint density at radius 3 is 2.45 bits per heavy atom. The number of nitrogens with one attached hydrogen (secondary N) is 2. The molecule has 0 spiro atoms. The first-order valence-corrected chi connectivity index (χ1v) is 6.46. The highest BCUT2D eigenvalue weighted by atomic mass is 16.5. The maximum absolute atomic E-state index is 11.9. The summed E-state index contributed by atoms with van der Waals surface area (Å²) in [5.74, 6) is -0.438. The molecule has 0 aliphatic carbocycles. The van der Waals surface area contributed by atoms with Crippen LogP contribution in [-0.4, -0.2) is 27.8 Å². The minimum atomic E-state index is -1.29. The lowest BCUT2D eigenvalue weighted by molar-refractivity contribution is -0.143. The van der Waals surface area contributed by atoms with Crippen molar-refractivity contribution in [3.63, 3.8) is 0 Å². The van der Waals surface area contributed by atoms with E-state index in [0.29, 0.717) is 11.5 Å². The van der Waals surface area contributed by atoms with Gasteiger partial charge in [-0.15, -0.1) is 0 Å². The average molecular weight is 283 g/mol. The zero-order valence-electron chi connectivity index (χ0n) is 12.4. The molecule has 1 aromatic heterocycles. The van der Waals surface area contributed by atoms with Crippen molar-refractivity contribution in [2.75, 3.05) is 0 Å². The number of aliphatic carboxylic acids is 1. The van der Waals surface area contributed by atoms with Crippen LogP contribution in [0.25, 0.3) is 0 Å². The number of urea groups is 1. The number of carboxylic acid groups (broad SMARTS) is 1. The van der Waals surface area contributed by atoms with Gasteiger partial charge in [0, 0.05) is 5.56 Å². The standard InChI is InChI=1S/C13H21N3O4/c1-6-13(5,11(17)18)15-12(19)14-7(2)10-8(3)16-20-9(10)4/h7H,6H2,1-5H3,(H,17,18)(H2,14,15,19). The van der Waals surface area contributed by atoms with Crippen molar-refractivity contribution in [2.45, 2.75) is 52.6 Å². The summed E-state index contributed by atoms with van der Waals surface area (Å²) < 4.78 is 5.04. The van der Waals surface area contributed by atoms with Gasteiger partial charge in [-0.25, -0.2) is 9.59 Å². The lowest BCUT2D eigenvalue weighted by Crippen LogP contribution is -2.55. The van der Waals surface area contributed by atoms with E-state index in [-0.39, 0.29) is 12.5 Å². The second kappa shape index (κ2) is 5.94. The molecular weight excluding hydrogens is 262 g/mol. The number of aryl methyl sites for hydroxylation is 2. The normalized spacial score (nSPS) is 15.2. The summed E-state index contributed by atoms with van der Waals surface area (Å²) in [4.78, 5) is 23.1. The number of hydrogen-bond donors (Lipinski definition) is 3. The molecule has 7 heteroatoms. The van der Waals surface area contributed by atoms with Crippen LogP contribution < -0.4 is 10.6 Å². The number of carbonyl (C=O) groups is 2. The SMILES string of the molecule is CCC(C)(NC(=O)NC(C)c1c(C)noc1C)C(=O)O. The Morgan fingerprint density at radius 1 is 1.45 bits per heavy atom. The monoisotopic (exact) mass is 283 g/mol. The lowest BCUT2D eigenvalue weighted by Gasteiger charge is -2.26. The van der Waals surface area contributed by atoms with E-state index in [9.17, 15) is 9.59 Å². The molecule has 20 heavy (non-hydrogen) atoms. The van der Waals surface area contributed by atoms with Crippen LogP contribution in [-0.2, 0) is 4.79 Å². The molecule has 0 aliphatic heterocycles. The van der Waals surface area contributed by atoms with Crippen LogP contribution in [0.2, 0.25) is 0 Å². The zero-order chi connectivity index (χ0) is 15.5. The number of hydrogen-bond acceptors (Lipinski definition) is 4. The molecule has 3 N–H and O–H groups in total. The summed E-state index contributed by atoms with van der Waals surface area (Å²) in [6.07, 6.45) is 0.287. The van der Waals surface area contributed by atoms with Gasteiger partial charge in [0.25, 0.3) is 0 Å². The molecule has 2 amide bonds. The van der Waals surface area contributed by atoms with Crippen LogP contribution in [0, 0.1) is 13.8 Å². The molecule has 1 heterocycles. The van der Waals surface area contributed by atoms with Gasteiger partial charge in [-0.2, -0.15) is 0 Å². The van der Waals surface area contributed by atoms with E-state index in [1.54, 1.807) is 27.7 Å². The third-order valence-corrected chi connectivity index (χ3v) is 3.44. The highest BCUT2D eigenvalue weighted by Crippen LogP contribution is 2.20. The Morgan fingerprint density at radius 2 is 2.05 bits per heavy atom. The van der Waals surface area contributed by atoms with Crippen molar-refractivity contribution in [1.29, 1.82) is 0 Å². The molecular formula is C13H21N3O4. The van der Waals surface area contributed by atoms with Gasteiger partial charge in [0.2, 0.25) is 0 Å². The van der Waals surface area contributed by atoms with Gasteiger partial charge in [0.15, 0.2) is 0 Å². The Labute approximate surface area is 117 Å². The average Bonchev–Trinajstić information content (AvgIpc) is 2.68. The largest absolute Gasteiger partial charge is 0.480 e. The Balaban J connectivity index is 2.74. The van der Waals surface area contributed by atoms with E-state index in [1.165, 1.54) is 6.92 Å². The Hall–Kier alpha value is -2.05. The molecule has 0 fully saturated rings. The summed E-state index contributed by atoms with van der Waals surface area (Å²) in [6.45, 7) is 8.51. The fourth-order valence-corrected chi connectivity index (χ4v) is 1.96. The molecule has 2 unspecified atom stereocenters. The van der Waals surface area contributed by atoms with Crippen molar-refractivity contribution in [2.24, 2.45) is 0 Å². The van der Waals surface area contributed by atoms with Crippen molar-refractivity contribution in [1.82, 2.24) is 15.8 Å². The van der Waals surface area contributed by atoms with Gasteiger partial charge in [0.05, 0.1) is 11.7 Å². The minimum absolute atomic E-state index is 0.287. The third kappa shape index (κ3) is 3.28. The van der Waals surface area contributed by atoms with E-state index in [4.69, 9.17) is 9.63 Å².